The Balaban J connectivity index is 1.96. The first-order valence-electron chi connectivity index (χ1n) is 7.12. The van der Waals surface area contributed by atoms with Gasteiger partial charge in [-0.2, -0.15) is 0 Å². The predicted molar refractivity (Wildman–Crippen MR) is 86.9 cm³/mol. The number of carbonyl (C=O) groups is 1. The number of aromatic amines is 1. The van der Waals surface area contributed by atoms with Crippen LogP contribution in [-0.2, 0) is 4.79 Å². The van der Waals surface area contributed by atoms with E-state index in [-0.39, 0.29) is 11.6 Å². The Labute approximate surface area is 136 Å². The molecule has 0 bridgehead atoms. The molecule has 1 unspecified atom stereocenters. The SMILES string of the molecule is COc1cc(C(Nc2ccc3c[nH]c(O)c3c2)C(=O)O)ccc1F. The lowest BCUT2D eigenvalue weighted by Crippen LogP contribution is -2.20. The molecule has 0 radical (unpaired) electrons. The molecule has 7 heteroatoms. The molecule has 2 aromatic carbocycles. The number of methoxy groups -OCH3 is 1. The summed E-state index contributed by atoms with van der Waals surface area (Å²) < 4.78 is 18.4. The molecule has 4 N–H and O–H groups in total. The van der Waals surface area contributed by atoms with Crippen molar-refractivity contribution in [3.63, 3.8) is 0 Å². The highest BCUT2D eigenvalue weighted by Gasteiger charge is 2.21. The number of carboxylic acids is 1. The van der Waals surface area contributed by atoms with E-state index >= 15 is 0 Å². The molecule has 0 fully saturated rings. The number of benzene rings is 2. The molecule has 1 atom stereocenters. The van der Waals surface area contributed by atoms with Gasteiger partial charge in [-0.05, 0) is 29.8 Å². The summed E-state index contributed by atoms with van der Waals surface area (Å²) in [6, 6.07) is 7.87. The average molecular weight is 330 g/mol. The van der Waals surface area contributed by atoms with Gasteiger partial charge in [0.1, 0.15) is 0 Å². The minimum Gasteiger partial charge on any atom is -0.494 e. The van der Waals surface area contributed by atoms with Crippen LogP contribution in [0.15, 0.2) is 42.6 Å². The van der Waals surface area contributed by atoms with Gasteiger partial charge >= 0.3 is 5.97 Å². The van der Waals surface area contributed by atoms with Crippen LogP contribution in [0.3, 0.4) is 0 Å². The molecule has 0 saturated carbocycles. The lowest BCUT2D eigenvalue weighted by atomic mass is 10.1. The van der Waals surface area contributed by atoms with Crippen LogP contribution in [0.25, 0.3) is 10.8 Å². The third-order valence-corrected chi connectivity index (χ3v) is 3.74. The quantitative estimate of drug-likeness (QED) is 0.576. The van der Waals surface area contributed by atoms with Crippen molar-refractivity contribution in [2.24, 2.45) is 0 Å². The second-order valence-electron chi connectivity index (χ2n) is 5.25. The van der Waals surface area contributed by atoms with E-state index in [0.29, 0.717) is 16.6 Å². The molecule has 0 spiro atoms. The van der Waals surface area contributed by atoms with Crippen LogP contribution in [0.2, 0.25) is 0 Å². The van der Waals surface area contributed by atoms with Gasteiger partial charge < -0.3 is 25.3 Å². The molecule has 1 heterocycles. The highest BCUT2D eigenvalue weighted by molar-refractivity contribution is 5.91. The van der Waals surface area contributed by atoms with Crippen LogP contribution in [-0.4, -0.2) is 28.3 Å². The maximum atomic E-state index is 13.5. The van der Waals surface area contributed by atoms with Crippen LogP contribution in [0.5, 0.6) is 11.6 Å². The number of nitrogens with one attached hydrogen (secondary N) is 2. The summed E-state index contributed by atoms with van der Waals surface area (Å²) in [7, 11) is 1.31. The van der Waals surface area contributed by atoms with Crippen molar-refractivity contribution in [2.45, 2.75) is 6.04 Å². The first-order chi connectivity index (χ1) is 11.5. The van der Waals surface area contributed by atoms with Crippen LogP contribution < -0.4 is 10.1 Å². The van der Waals surface area contributed by atoms with E-state index in [9.17, 15) is 19.4 Å². The van der Waals surface area contributed by atoms with Gasteiger partial charge in [-0.3, -0.25) is 0 Å². The summed E-state index contributed by atoms with van der Waals surface area (Å²) in [4.78, 5) is 14.3. The van der Waals surface area contributed by atoms with Gasteiger partial charge in [0.15, 0.2) is 23.5 Å². The number of fused-ring (bicyclic) bond motifs is 1. The van der Waals surface area contributed by atoms with E-state index in [1.54, 1.807) is 24.4 Å². The predicted octanol–water partition coefficient (Wildman–Crippen LogP) is 3.26. The fourth-order valence-electron chi connectivity index (χ4n) is 2.51. The molecule has 0 aliphatic rings. The minimum atomic E-state index is -1.12. The topological polar surface area (TPSA) is 94.6 Å². The number of aromatic hydroxyl groups is 1. The highest BCUT2D eigenvalue weighted by Crippen LogP contribution is 2.30. The molecule has 0 aliphatic heterocycles. The third-order valence-electron chi connectivity index (χ3n) is 3.74. The summed E-state index contributed by atoms with van der Waals surface area (Å²) >= 11 is 0. The van der Waals surface area contributed by atoms with E-state index in [0.717, 1.165) is 11.5 Å². The van der Waals surface area contributed by atoms with Crippen molar-refractivity contribution in [2.75, 3.05) is 12.4 Å². The van der Waals surface area contributed by atoms with Crippen LogP contribution in [0.4, 0.5) is 10.1 Å². The number of halogens is 1. The fraction of sp³-hybridized carbons (Fsp3) is 0.118. The van der Waals surface area contributed by atoms with Gasteiger partial charge in [0, 0.05) is 22.7 Å². The van der Waals surface area contributed by atoms with E-state index in [2.05, 4.69) is 10.3 Å². The second-order valence-corrected chi connectivity index (χ2v) is 5.25. The largest absolute Gasteiger partial charge is 0.494 e. The van der Waals surface area contributed by atoms with E-state index < -0.39 is 17.8 Å². The normalized spacial score (nSPS) is 12.1. The summed E-state index contributed by atoms with van der Waals surface area (Å²) in [5, 5.41) is 23.5. The first-order valence-corrected chi connectivity index (χ1v) is 7.12. The zero-order chi connectivity index (χ0) is 17.3. The summed E-state index contributed by atoms with van der Waals surface area (Å²) in [5.74, 6) is -1.71. The van der Waals surface area contributed by atoms with Crippen LogP contribution in [0, 0.1) is 5.82 Å². The Morgan fingerprint density at radius 1 is 1.29 bits per heavy atom. The number of hydrogen-bond acceptors (Lipinski definition) is 4. The Hall–Kier alpha value is -3.22. The average Bonchev–Trinajstić information content (AvgIpc) is 2.94. The molecule has 124 valence electrons. The number of rotatable bonds is 5. The van der Waals surface area contributed by atoms with Gasteiger partial charge in [0.05, 0.1) is 7.11 Å². The third kappa shape index (κ3) is 2.83. The van der Waals surface area contributed by atoms with Gasteiger partial charge in [0.25, 0.3) is 0 Å². The van der Waals surface area contributed by atoms with Crippen molar-refractivity contribution in [3.05, 3.63) is 54.0 Å². The number of ether oxygens (including phenoxy) is 1. The maximum absolute atomic E-state index is 13.5. The van der Waals surface area contributed by atoms with Gasteiger partial charge in [-0.25, -0.2) is 9.18 Å². The van der Waals surface area contributed by atoms with E-state index in [4.69, 9.17) is 4.74 Å². The zero-order valence-corrected chi connectivity index (χ0v) is 12.7. The molecule has 3 rings (SSSR count). The number of aromatic nitrogens is 1. The van der Waals surface area contributed by atoms with Crippen LogP contribution >= 0.6 is 0 Å². The summed E-state index contributed by atoms with van der Waals surface area (Å²) in [5.41, 5.74) is 0.854. The number of aliphatic carboxylic acids is 1. The van der Waals surface area contributed by atoms with Crippen molar-refractivity contribution in [1.29, 1.82) is 0 Å². The van der Waals surface area contributed by atoms with Crippen molar-refractivity contribution in [3.8, 4) is 11.6 Å². The van der Waals surface area contributed by atoms with Gasteiger partial charge in [-0.15, -0.1) is 0 Å². The lowest BCUT2D eigenvalue weighted by molar-refractivity contribution is -0.138. The van der Waals surface area contributed by atoms with Crippen LogP contribution in [0.1, 0.15) is 11.6 Å². The Morgan fingerprint density at radius 2 is 2.08 bits per heavy atom. The molecule has 3 aromatic rings. The van der Waals surface area contributed by atoms with Crippen molar-refractivity contribution < 1.29 is 24.1 Å². The Bertz CT molecular complexity index is 907. The van der Waals surface area contributed by atoms with Gasteiger partial charge in [-0.1, -0.05) is 12.1 Å². The molecule has 1 aromatic heterocycles. The monoisotopic (exact) mass is 330 g/mol. The maximum Gasteiger partial charge on any atom is 0.330 e. The molecule has 6 nitrogen and oxygen atoms in total. The molecule has 0 saturated heterocycles. The first kappa shape index (κ1) is 15.7. The van der Waals surface area contributed by atoms with Gasteiger partial charge in [0.2, 0.25) is 0 Å². The van der Waals surface area contributed by atoms with Crippen molar-refractivity contribution in [1.82, 2.24) is 4.98 Å². The lowest BCUT2D eigenvalue weighted by Gasteiger charge is -2.17. The molecule has 0 aliphatic carbocycles. The van der Waals surface area contributed by atoms with E-state index in [1.807, 2.05) is 0 Å². The highest BCUT2D eigenvalue weighted by atomic mass is 19.1. The Kier molecular flexibility index (Phi) is 3.99. The smallest absolute Gasteiger partial charge is 0.330 e. The number of carboxylic acid groups (broad SMARTS) is 1. The second kappa shape index (κ2) is 6.11. The number of anilines is 1. The van der Waals surface area contributed by atoms with Crippen molar-refractivity contribution >= 4 is 22.4 Å². The molecule has 24 heavy (non-hydrogen) atoms. The molecular formula is C17H15FN2O4. The standard InChI is InChI=1S/C17H15FN2O4/c1-24-14-6-9(3-5-13(14)18)15(17(22)23)20-11-4-2-10-8-19-16(21)12(10)7-11/h2-8,15,19-21H,1H3,(H,22,23). The Morgan fingerprint density at radius 3 is 2.79 bits per heavy atom. The van der Waals surface area contributed by atoms with E-state index in [1.165, 1.54) is 19.2 Å². The molecular weight excluding hydrogens is 315 g/mol. The fourth-order valence-corrected chi connectivity index (χ4v) is 2.51. The minimum absolute atomic E-state index is 0.00368. The summed E-state index contributed by atoms with van der Waals surface area (Å²) in [6.07, 6.45) is 1.65. The zero-order valence-electron chi connectivity index (χ0n) is 12.7. The number of H-pyrrole nitrogens is 1. The number of hydrogen-bond donors (Lipinski definition) is 4. The molecule has 0 amide bonds. The summed E-state index contributed by atoms with van der Waals surface area (Å²) in [6.45, 7) is 0.